The van der Waals surface area contributed by atoms with Crippen LogP contribution in [0, 0.1) is 6.92 Å². The van der Waals surface area contributed by atoms with Crippen LogP contribution in [0.25, 0.3) is 17.1 Å². The zero-order valence-electron chi connectivity index (χ0n) is 20.2. The van der Waals surface area contributed by atoms with Crippen LogP contribution in [0.3, 0.4) is 0 Å². The van der Waals surface area contributed by atoms with Gasteiger partial charge in [0.1, 0.15) is 5.76 Å². The van der Waals surface area contributed by atoms with Gasteiger partial charge in [-0.25, -0.2) is 0 Å². The Hall–Kier alpha value is -3.43. The molecule has 3 heterocycles. The summed E-state index contributed by atoms with van der Waals surface area (Å²) in [6.45, 7) is 8.46. The molecule has 0 spiro atoms. The quantitative estimate of drug-likeness (QED) is 0.309. The summed E-state index contributed by atoms with van der Waals surface area (Å²) in [6, 6.07) is 15.7. The summed E-state index contributed by atoms with van der Waals surface area (Å²) in [7, 11) is 0. The van der Waals surface area contributed by atoms with Crippen molar-refractivity contribution < 1.29 is 9.21 Å². The number of para-hydroxylation sites is 1. The number of carbonyl (C=O) groups is 1. The molecule has 3 aromatic heterocycles. The van der Waals surface area contributed by atoms with E-state index < -0.39 is 0 Å². The van der Waals surface area contributed by atoms with Gasteiger partial charge in [-0.3, -0.25) is 19.2 Å². The first-order valence-electron chi connectivity index (χ1n) is 11.7. The Kier molecular flexibility index (Phi) is 8.33. The van der Waals surface area contributed by atoms with E-state index in [4.69, 9.17) is 4.42 Å². The number of amides is 1. The van der Waals surface area contributed by atoms with E-state index in [1.165, 1.54) is 11.8 Å². The Morgan fingerprint density at radius 1 is 1.11 bits per heavy atom. The molecule has 0 saturated heterocycles. The summed E-state index contributed by atoms with van der Waals surface area (Å²) in [5.74, 6) is 1.69. The van der Waals surface area contributed by atoms with Crippen molar-refractivity contribution in [2.24, 2.45) is 0 Å². The summed E-state index contributed by atoms with van der Waals surface area (Å²) in [4.78, 5) is 19.3. The highest BCUT2D eigenvalue weighted by Crippen LogP contribution is 2.29. The van der Waals surface area contributed by atoms with Gasteiger partial charge >= 0.3 is 0 Å². The topological polar surface area (TPSA) is 89.1 Å². The normalized spacial score (nSPS) is 12.1. The van der Waals surface area contributed by atoms with E-state index in [1.54, 1.807) is 18.7 Å². The van der Waals surface area contributed by atoms with Gasteiger partial charge in [0.2, 0.25) is 5.91 Å². The first kappa shape index (κ1) is 24.7. The van der Waals surface area contributed by atoms with E-state index in [1.807, 2.05) is 60.0 Å². The Labute approximate surface area is 209 Å². The van der Waals surface area contributed by atoms with Crippen LogP contribution in [0.15, 0.2) is 76.8 Å². The third-order valence-electron chi connectivity index (χ3n) is 5.86. The minimum atomic E-state index is -0.0685. The highest BCUT2D eigenvalue weighted by Gasteiger charge is 2.22. The number of hydrogen-bond acceptors (Lipinski definition) is 7. The van der Waals surface area contributed by atoms with Gasteiger partial charge in [0.05, 0.1) is 23.7 Å². The van der Waals surface area contributed by atoms with Crippen molar-refractivity contribution in [3.63, 3.8) is 0 Å². The molecule has 1 unspecified atom stereocenters. The number of benzene rings is 1. The molecule has 1 N–H and O–H groups in total. The predicted octanol–water partition coefficient (Wildman–Crippen LogP) is 4.52. The first-order valence-corrected chi connectivity index (χ1v) is 12.7. The van der Waals surface area contributed by atoms with Crippen molar-refractivity contribution in [1.29, 1.82) is 0 Å². The monoisotopic (exact) mass is 490 g/mol. The van der Waals surface area contributed by atoms with Gasteiger partial charge in [0.25, 0.3) is 0 Å². The van der Waals surface area contributed by atoms with Crippen molar-refractivity contribution in [2.45, 2.75) is 32.0 Å². The van der Waals surface area contributed by atoms with Gasteiger partial charge < -0.3 is 9.73 Å². The molecule has 0 radical (unpaired) electrons. The van der Waals surface area contributed by atoms with Gasteiger partial charge in [-0.05, 0) is 55.9 Å². The van der Waals surface area contributed by atoms with Crippen LogP contribution in [-0.2, 0) is 4.79 Å². The molecular formula is C26H30N6O2S. The predicted molar refractivity (Wildman–Crippen MR) is 137 cm³/mol. The highest BCUT2D eigenvalue weighted by molar-refractivity contribution is 7.99. The molecule has 0 aliphatic carbocycles. The van der Waals surface area contributed by atoms with Crippen LogP contribution >= 0.6 is 11.8 Å². The maximum absolute atomic E-state index is 12.8. The molecule has 4 aromatic rings. The molecule has 0 aliphatic heterocycles. The number of nitrogens with one attached hydrogen (secondary N) is 1. The summed E-state index contributed by atoms with van der Waals surface area (Å²) >= 11 is 1.36. The number of aryl methyl sites for hydroxylation is 1. The highest BCUT2D eigenvalue weighted by atomic mass is 32.2. The van der Waals surface area contributed by atoms with Crippen LogP contribution < -0.4 is 5.32 Å². The molecule has 0 aliphatic rings. The largest absolute Gasteiger partial charge is 0.468 e. The fraction of sp³-hybridized carbons (Fsp3) is 0.308. The average Bonchev–Trinajstić information content (AvgIpc) is 3.56. The van der Waals surface area contributed by atoms with Gasteiger partial charge in [-0.1, -0.05) is 43.8 Å². The minimum Gasteiger partial charge on any atom is -0.468 e. The molecule has 0 fully saturated rings. The van der Waals surface area contributed by atoms with Crippen molar-refractivity contribution >= 4 is 17.7 Å². The maximum Gasteiger partial charge on any atom is 0.230 e. The maximum atomic E-state index is 12.8. The zero-order valence-corrected chi connectivity index (χ0v) is 21.0. The molecule has 8 nitrogen and oxygen atoms in total. The standard InChI is InChI=1S/C26H30N6O2S/c1-4-31(5-2)22(23-13-9-15-34-23)17-28-24(33)18-35-26-30-29-25(20-11-8-14-27-16-20)32(26)21-12-7-6-10-19(21)3/h6-16,22H,4-5,17-18H2,1-3H3,(H,28,33). The summed E-state index contributed by atoms with van der Waals surface area (Å²) in [5, 5.41) is 12.6. The lowest BCUT2D eigenvalue weighted by Crippen LogP contribution is -2.38. The second-order valence-electron chi connectivity index (χ2n) is 8.01. The fourth-order valence-corrected chi connectivity index (χ4v) is 4.80. The average molecular weight is 491 g/mol. The molecule has 0 bridgehead atoms. The lowest BCUT2D eigenvalue weighted by molar-refractivity contribution is -0.118. The molecule has 4 rings (SSSR count). The van der Waals surface area contributed by atoms with Crippen molar-refractivity contribution in [2.75, 3.05) is 25.4 Å². The van der Waals surface area contributed by atoms with Crippen molar-refractivity contribution in [3.8, 4) is 17.1 Å². The Morgan fingerprint density at radius 2 is 1.94 bits per heavy atom. The van der Waals surface area contributed by atoms with E-state index in [9.17, 15) is 4.79 Å². The number of thioether (sulfide) groups is 1. The molecule has 182 valence electrons. The molecule has 1 aromatic carbocycles. The first-order chi connectivity index (χ1) is 17.1. The third kappa shape index (κ3) is 5.80. The summed E-state index contributed by atoms with van der Waals surface area (Å²) in [6.07, 6.45) is 5.16. The van der Waals surface area contributed by atoms with E-state index in [0.29, 0.717) is 17.5 Å². The number of hydrogen-bond donors (Lipinski definition) is 1. The van der Waals surface area contributed by atoms with Crippen LogP contribution in [-0.4, -0.2) is 55.9 Å². The lowest BCUT2D eigenvalue weighted by Gasteiger charge is -2.28. The molecule has 9 heteroatoms. The van der Waals surface area contributed by atoms with Gasteiger partial charge in [0.15, 0.2) is 11.0 Å². The van der Waals surface area contributed by atoms with Gasteiger partial charge in [-0.2, -0.15) is 0 Å². The van der Waals surface area contributed by atoms with Crippen molar-refractivity contribution in [1.82, 2.24) is 30.0 Å². The SMILES string of the molecule is CCN(CC)C(CNC(=O)CSc1nnc(-c2cccnc2)n1-c1ccccc1C)c1ccco1. The molecular weight excluding hydrogens is 460 g/mol. The van der Waals surface area contributed by atoms with Crippen molar-refractivity contribution in [3.05, 3.63) is 78.5 Å². The summed E-state index contributed by atoms with van der Waals surface area (Å²) < 4.78 is 7.63. The fourth-order valence-electron chi connectivity index (χ4n) is 4.02. The Bertz CT molecular complexity index is 1220. The number of rotatable bonds is 11. The number of likely N-dealkylation sites (N-methyl/N-ethyl adjacent to an activating group) is 1. The third-order valence-corrected chi connectivity index (χ3v) is 6.79. The van der Waals surface area contributed by atoms with E-state index in [0.717, 1.165) is 35.7 Å². The number of carbonyl (C=O) groups excluding carboxylic acids is 1. The van der Waals surface area contributed by atoms with E-state index >= 15 is 0 Å². The zero-order chi connectivity index (χ0) is 24.6. The lowest BCUT2D eigenvalue weighted by atomic mass is 10.2. The number of nitrogens with zero attached hydrogens (tertiary/aromatic N) is 5. The Morgan fingerprint density at radius 3 is 2.63 bits per heavy atom. The molecule has 0 saturated carbocycles. The number of aromatic nitrogens is 4. The second kappa shape index (κ2) is 11.8. The van der Waals surface area contributed by atoms with Gasteiger partial charge in [0, 0.05) is 24.5 Å². The van der Waals surface area contributed by atoms with Crippen LogP contribution in [0.2, 0.25) is 0 Å². The van der Waals surface area contributed by atoms with Gasteiger partial charge in [-0.15, -0.1) is 10.2 Å². The van der Waals surface area contributed by atoms with Crippen LogP contribution in [0.1, 0.15) is 31.2 Å². The molecule has 1 atom stereocenters. The smallest absolute Gasteiger partial charge is 0.230 e. The van der Waals surface area contributed by atoms with Crippen LogP contribution in [0.4, 0.5) is 0 Å². The van der Waals surface area contributed by atoms with E-state index in [-0.39, 0.29) is 17.7 Å². The summed E-state index contributed by atoms with van der Waals surface area (Å²) in [5.41, 5.74) is 2.92. The Balaban J connectivity index is 1.50. The van der Waals surface area contributed by atoms with E-state index in [2.05, 4.69) is 39.2 Å². The number of pyridine rings is 1. The second-order valence-corrected chi connectivity index (χ2v) is 8.96. The molecule has 1 amide bonds. The minimum absolute atomic E-state index is 0.0123. The van der Waals surface area contributed by atoms with Crippen LogP contribution in [0.5, 0.6) is 0 Å². The number of furan rings is 1. The molecule has 35 heavy (non-hydrogen) atoms.